The van der Waals surface area contributed by atoms with Gasteiger partial charge in [-0.15, -0.1) is 0 Å². The molecule has 0 atom stereocenters. The van der Waals surface area contributed by atoms with Crippen LogP contribution in [0.15, 0.2) is 55.0 Å². The number of nitrogens with one attached hydrogen (secondary N) is 1. The SMILES string of the molecule is O=C(Nc1ncc(Oc2ccccc2)cn1)c1ccnn1C1CCCC1. The fourth-order valence-electron chi connectivity index (χ4n) is 3.16. The molecule has 0 saturated heterocycles. The zero-order valence-electron chi connectivity index (χ0n) is 14.2. The van der Waals surface area contributed by atoms with Gasteiger partial charge in [-0.2, -0.15) is 5.10 Å². The maximum atomic E-state index is 12.5. The van der Waals surface area contributed by atoms with E-state index in [9.17, 15) is 4.79 Å². The van der Waals surface area contributed by atoms with E-state index in [1.165, 1.54) is 25.2 Å². The molecule has 7 heteroatoms. The molecule has 26 heavy (non-hydrogen) atoms. The van der Waals surface area contributed by atoms with Gasteiger partial charge in [0, 0.05) is 6.20 Å². The number of carbonyl (C=O) groups excluding carboxylic acids is 1. The van der Waals surface area contributed by atoms with Crippen LogP contribution in [-0.2, 0) is 0 Å². The Morgan fingerprint density at radius 3 is 2.50 bits per heavy atom. The number of aromatic nitrogens is 4. The Kier molecular flexibility index (Phi) is 4.59. The van der Waals surface area contributed by atoms with Crippen LogP contribution in [0.4, 0.5) is 5.95 Å². The summed E-state index contributed by atoms with van der Waals surface area (Å²) in [6.45, 7) is 0. The molecular formula is C19H19N5O2. The number of benzene rings is 1. The zero-order chi connectivity index (χ0) is 17.8. The summed E-state index contributed by atoms with van der Waals surface area (Å²) in [7, 11) is 0. The number of carbonyl (C=O) groups is 1. The normalized spacial score (nSPS) is 14.3. The van der Waals surface area contributed by atoms with Crippen molar-refractivity contribution in [3.05, 3.63) is 60.7 Å². The van der Waals surface area contributed by atoms with Crippen molar-refractivity contribution in [2.24, 2.45) is 0 Å². The van der Waals surface area contributed by atoms with E-state index in [1.807, 2.05) is 35.0 Å². The zero-order valence-corrected chi connectivity index (χ0v) is 14.2. The summed E-state index contributed by atoms with van der Waals surface area (Å²) in [5, 5.41) is 7.04. The maximum Gasteiger partial charge on any atom is 0.276 e. The molecule has 1 N–H and O–H groups in total. The van der Waals surface area contributed by atoms with Crippen LogP contribution in [0.3, 0.4) is 0 Å². The maximum absolute atomic E-state index is 12.5. The third kappa shape index (κ3) is 3.56. The highest BCUT2D eigenvalue weighted by molar-refractivity contribution is 6.02. The van der Waals surface area contributed by atoms with Gasteiger partial charge in [0.05, 0.1) is 18.4 Å². The van der Waals surface area contributed by atoms with Gasteiger partial charge in [-0.05, 0) is 31.0 Å². The summed E-state index contributed by atoms with van der Waals surface area (Å²) < 4.78 is 7.46. The summed E-state index contributed by atoms with van der Waals surface area (Å²) in [4.78, 5) is 20.9. The molecule has 1 aromatic carbocycles. The highest BCUT2D eigenvalue weighted by Gasteiger charge is 2.23. The van der Waals surface area contributed by atoms with Gasteiger partial charge in [0.1, 0.15) is 11.4 Å². The summed E-state index contributed by atoms with van der Waals surface area (Å²) in [5.74, 6) is 1.18. The molecule has 0 unspecified atom stereocenters. The number of hydrogen-bond donors (Lipinski definition) is 1. The smallest absolute Gasteiger partial charge is 0.276 e. The van der Waals surface area contributed by atoms with Crippen LogP contribution in [0.1, 0.15) is 42.2 Å². The molecule has 1 aliphatic carbocycles. The third-order valence-electron chi connectivity index (χ3n) is 4.41. The van der Waals surface area contributed by atoms with Crippen molar-refractivity contribution in [1.82, 2.24) is 19.7 Å². The largest absolute Gasteiger partial charge is 0.454 e. The molecule has 0 bridgehead atoms. The summed E-state index contributed by atoms with van der Waals surface area (Å²) >= 11 is 0. The predicted molar refractivity (Wildman–Crippen MR) is 96.2 cm³/mol. The minimum atomic E-state index is -0.258. The first-order valence-corrected chi connectivity index (χ1v) is 8.69. The molecule has 132 valence electrons. The quantitative estimate of drug-likeness (QED) is 0.757. The van der Waals surface area contributed by atoms with Crippen molar-refractivity contribution >= 4 is 11.9 Å². The standard InChI is InChI=1S/C19H19N5O2/c25-18(17-10-11-22-24(17)14-6-4-5-7-14)23-19-20-12-16(13-21-19)26-15-8-2-1-3-9-15/h1-3,8-14H,4-7H2,(H,20,21,23,25). The average Bonchev–Trinajstić information content (AvgIpc) is 3.35. The Hall–Kier alpha value is -3.22. The molecular weight excluding hydrogens is 330 g/mol. The van der Waals surface area contributed by atoms with Crippen molar-refractivity contribution in [2.45, 2.75) is 31.7 Å². The number of para-hydroxylation sites is 1. The summed E-state index contributed by atoms with van der Waals surface area (Å²) in [6.07, 6.45) is 9.20. The van der Waals surface area contributed by atoms with Crippen molar-refractivity contribution in [1.29, 1.82) is 0 Å². The van der Waals surface area contributed by atoms with Crippen molar-refractivity contribution in [2.75, 3.05) is 5.32 Å². The second kappa shape index (κ2) is 7.35. The van der Waals surface area contributed by atoms with Gasteiger partial charge in [0.2, 0.25) is 5.95 Å². The second-order valence-electron chi connectivity index (χ2n) is 6.21. The van der Waals surface area contributed by atoms with Crippen LogP contribution in [0.5, 0.6) is 11.5 Å². The topological polar surface area (TPSA) is 81.9 Å². The first-order chi connectivity index (χ1) is 12.8. The number of nitrogens with zero attached hydrogens (tertiary/aromatic N) is 4. The fraction of sp³-hybridized carbons (Fsp3) is 0.263. The average molecular weight is 349 g/mol. The van der Waals surface area contributed by atoms with E-state index in [0.29, 0.717) is 23.2 Å². The minimum absolute atomic E-state index is 0.231. The van der Waals surface area contributed by atoms with E-state index in [0.717, 1.165) is 12.8 Å². The Balaban J connectivity index is 1.43. The van der Waals surface area contributed by atoms with Gasteiger partial charge in [0.25, 0.3) is 5.91 Å². The van der Waals surface area contributed by atoms with E-state index < -0.39 is 0 Å². The lowest BCUT2D eigenvalue weighted by Gasteiger charge is -2.13. The molecule has 2 heterocycles. The van der Waals surface area contributed by atoms with Gasteiger partial charge in [-0.25, -0.2) is 9.97 Å². The number of rotatable bonds is 5. The van der Waals surface area contributed by atoms with E-state index >= 15 is 0 Å². The van der Waals surface area contributed by atoms with Crippen molar-refractivity contribution in [3.8, 4) is 11.5 Å². The van der Waals surface area contributed by atoms with E-state index in [1.54, 1.807) is 12.3 Å². The Morgan fingerprint density at radius 1 is 1.04 bits per heavy atom. The number of amides is 1. The van der Waals surface area contributed by atoms with Gasteiger partial charge in [-0.3, -0.25) is 14.8 Å². The van der Waals surface area contributed by atoms with Crippen molar-refractivity contribution < 1.29 is 9.53 Å². The first-order valence-electron chi connectivity index (χ1n) is 8.69. The fourth-order valence-corrected chi connectivity index (χ4v) is 3.16. The molecule has 0 radical (unpaired) electrons. The molecule has 4 rings (SSSR count). The molecule has 1 amide bonds. The van der Waals surface area contributed by atoms with Crippen molar-refractivity contribution in [3.63, 3.8) is 0 Å². The summed E-state index contributed by atoms with van der Waals surface area (Å²) in [6, 6.07) is 11.4. The second-order valence-corrected chi connectivity index (χ2v) is 6.21. The van der Waals surface area contributed by atoms with E-state index in [4.69, 9.17) is 4.74 Å². The van der Waals surface area contributed by atoms with Crippen LogP contribution < -0.4 is 10.1 Å². The molecule has 0 spiro atoms. The molecule has 7 nitrogen and oxygen atoms in total. The number of ether oxygens (including phenoxy) is 1. The highest BCUT2D eigenvalue weighted by atomic mass is 16.5. The predicted octanol–water partition coefficient (Wildman–Crippen LogP) is 3.83. The van der Waals surface area contributed by atoms with Crippen LogP contribution in [-0.4, -0.2) is 25.7 Å². The van der Waals surface area contributed by atoms with Crippen LogP contribution in [0.2, 0.25) is 0 Å². The van der Waals surface area contributed by atoms with Gasteiger partial charge in [-0.1, -0.05) is 31.0 Å². The minimum Gasteiger partial charge on any atom is -0.454 e. The van der Waals surface area contributed by atoms with Crippen LogP contribution in [0.25, 0.3) is 0 Å². The highest BCUT2D eigenvalue weighted by Crippen LogP contribution is 2.30. The Labute approximate surface area is 151 Å². The third-order valence-corrected chi connectivity index (χ3v) is 4.41. The molecule has 0 aliphatic heterocycles. The first kappa shape index (κ1) is 16.3. The molecule has 2 aromatic heterocycles. The van der Waals surface area contributed by atoms with E-state index in [2.05, 4.69) is 20.4 Å². The summed E-state index contributed by atoms with van der Waals surface area (Å²) in [5.41, 5.74) is 0.533. The Morgan fingerprint density at radius 2 is 1.77 bits per heavy atom. The van der Waals surface area contributed by atoms with Crippen LogP contribution in [0, 0.1) is 0 Å². The number of anilines is 1. The lowest BCUT2D eigenvalue weighted by Crippen LogP contribution is -2.21. The molecule has 1 fully saturated rings. The molecule has 3 aromatic rings. The van der Waals surface area contributed by atoms with E-state index in [-0.39, 0.29) is 11.9 Å². The molecule has 1 saturated carbocycles. The monoisotopic (exact) mass is 349 g/mol. The van der Waals surface area contributed by atoms with Gasteiger partial charge >= 0.3 is 0 Å². The van der Waals surface area contributed by atoms with Gasteiger partial charge in [0.15, 0.2) is 5.75 Å². The lowest BCUT2D eigenvalue weighted by molar-refractivity contribution is 0.101. The van der Waals surface area contributed by atoms with Crippen LogP contribution >= 0.6 is 0 Å². The number of hydrogen-bond acceptors (Lipinski definition) is 5. The van der Waals surface area contributed by atoms with Gasteiger partial charge < -0.3 is 4.74 Å². The Bertz CT molecular complexity index is 870. The molecule has 1 aliphatic rings. The lowest BCUT2D eigenvalue weighted by atomic mass is 10.2.